The molecule has 0 spiro atoms. The van der Waals surface area contributed by atoms with Crippen LogP contribution < -0.4 is 16.0 Å². The van der Waals surface area contributed by atoms with Crippen molar-refractivity contribution in [3.8, 4) is 0 Å². The van der Waals surface area contributed by atoms with Gasteiger partial charge in [0.2, 0.25) is 5.91 Å². The number of hydrogen-bond donors (Lipinski definition) is 3. The summed E-state index contributed by atoms with van der Waals surface area (Å²) in [7, 11) is 1.73. The number of carbonyl (C=O) groups is 1. The average molecular weight is 326 g/mol. The van der Waals surface area contributed by atoms with Gasteiger partial charge >= 0.3 is 0 Å². The fourth-order valence-electron chi connectivity index (χ4n) is 2.83. The van der Waals surface area contributed by atoms with Crippen LogP contribution in [0.1, 0.15) is 53.4 Å². The molecular formula is C17H35N5O. The molecule has 1 fully saturated rings. The summed E-state index contributed by atoms with van der Waals surface area (Å²) >= 11 is 0. The molecule has 0 aromatic rings. The molecular weight excluding hydrogens is 290 g/mol. The lowest BCUT2D eigenvalue weighted by Crippen LogP contribution is -2.48. The van der Waals surface area contributed by atoms with Crippen molar-refractivity contribution in [2.24, 2.45) is 4.99 Å². The molecule has 0 bridgehead atoms. The standard InChI is InChI=1S/C17H35N5O/c1-14-9-6-7-11-22(14)12-8-10-19-16(18-5)20-13-15(23)21-17(2,3)4/h14H,6-13H2,1-5H3,(H,21,23)(H2,18,19,20). The predicted molar refractivity (Wildman–Crippen MR) is 96.8 cm³/mol. The van der Waals surface area contributed by atoms with Crippen LogP contribution in [0.25, 0.3) is 0 Å². The number of likely N-dealkylation sites (tertiary alicyclic amines) is 1. The first-order chi connectivity index (χ1) is 10.8. The Labute approximate surface area is 141 Å². The van der Waals surface area contributed by atoms with Crippen LogP contribution in [0.4, 0.5) is 0 Å². The summed E-state index contributed by atoms with van der Waals surface area (Å²) in [6.07, 6.45) is 5.09. The van der Waals surface area contributed by atoms with E-state index in [-0.39, 0.29) is 18.0 Å². The highest BCUT2D eigenvalue weighted by molar-refractivity contribution is 5.86. The van der Waals surface area contributed by atoms with Gasteiger partial charge in [0.25, 0.3) is 0 Å². The van der Waals surface area contributed by atoms with Crippen LogP contribution in [0.15, 0.2) is 4.99 Å². The smallest absolute Gasteiger partial charge is 0.239 e. The first kappa shape index (κ1) is 19.7. The molecule has 3 N–H and O–H groups in total. The van der Waals surface area contributed by atoms with Gasteiger partial charge in [-0.05, 0) is 53.5 Å². The Morgan fingerprint density at radius 2 is 2.00 bits per heavy atom. The number of guanidine groups is 1. The third-order valence-corrected chi connectivity index (χ3v) is 4.01. The molecule has 0 radical (unpaired) electrons. The van der Waals surface area contributed by atoms with E-state index in [0.29, 0.717) is 12.0 Å². The van der Waals surface area contributed by atoms with Gasteiger partial charge in [0, 0.05) is 31.7 Å². The van der Waals surface area contributed by atoms with Crippen molar-refractivity contribution in [2.45, 2.75) is 65.0 Å². The number of aliphatic imine (C=N–C) groups is 1. The lowest BCUT2D eigenvalue weighted by atomic mass is 10.0. The fraction of sp³-hybridized carbons (Fsp3) is 0.882. The van der Waals surface area contributed by atoms with Crippen LogP contribution in [0.5, 0.6) is 0 Å². The Morgan fingerprint density at radius 3 is 2.61 bits per heavy atom. The molecule has 0 aliphatic carbocycles. The van der Waals surface area contributed by atoms with Crippen LogP contribution in [-0.4, -0.2) is 61.6 Å². The Hall–Kier alpha value is -1.30. The topological polar surface area (TPSA) is 68.8 Å². The maximum atomic E-state index is 11.8. The van der Waals surface area contributed by atoms with Gasteiger partial charge in [-0.25, -0.2) is 0 Å². The molecule has 134 valence electrons. The van der Waals surface area contributed by atoms with Gasteiger partial charge in [-0.15, -0.1) is 0 Å². The molecule has 0 aromatic heterocycles. The highest BCUT2D eigenvalue weighted by Gasteiger charge is 2.17. The van der Waals surface area contributed by atoms with E-state index in [9.17, 15) is 4.79 Å². The monoisotopic (exact) mass is 325 g/mol. The number of nitrogens with zero attached hydrogens (tertiary/aromatic N) is 2. The molecule has 1 amide bonds. The fourth-order valence-corrected chi connectivity index (χ4v) is 2.83. The maximum absolute atomic E-state index is 11.8. The zero-order chi connectivity index (χ0) is 17.3. The zero-order valence-electron chi connectivity index (χ0n) is 15.5. The van der Waals surface area contributed by atoms with E-state index in [1.165, 1.54) is 25.8 Å². The molecule has 0 saturated carbocycles. The number of amides is 1. The molecule has 1 rings (SSSR count). The lowest BCUT2D eigenvalue weighted by molar-refractivity contribution is -0.121. The molecule has 23 heavy (non-hydrogen) atoms. The summed E-state index contributed by atoms with van der Waals surface area (Å²) in [5.41, 5.74) is -0.207. The SMILES string of the molecule is CN=C(NCCCN1CCCCC1C)NCC(=O)NC(C)(C)C. The maximum Gasteiger partial charge on any atom is 0.239 e. The van der Waals surface area contributed by atoms with Gasteiger partial charge in [0.05, 0.1) is 6.54 Å². The highest BCUT2D eigenvalue weighted by Crippen LogP contribution is 2.15. The van der Waals surface area contributed by atoms with Gasteiger partial charge in [-0.3, -0.25) is 9.79 Å². The Kier molecular flexibility index (Phi) is 8.37. The summed E-state index contributed by atoms with van der Waals surface area (Å²) in [6, 6.07) is 0.710. The Balaban J connectivity index is 2.17. The quantitative estimate of drug-likeness (QED) is 0.391. The normalized spacial score (nSPS) is 20.2. The van der Waals surface area contributed by atoms with E-state index in [4.69, 9.17) is 0 Å². The van der Waals surface area contributed by atoms with Gasteiger partial charge in [-0.2, -0.15) is 0 Å². The molecule has 1 heterocycles. The van der Waals surface area contributed by atoms with E-state index in [2.05, 4.69) is 32.8 Å². The molecule has 1 atom stereocenters. The summed E-state index contributed by atoms with van der Waals surface area (Å²) < 4.78 is 0. The summed E-state index contributed by atoms with van der Waals surface area (Å²) in [5.74, 6) is 0.656. The second kappa shape index (κ2) is 9.75. The zero-order valence-corrected chi connectivity index (χ0v) is 15.5. The van der Waals surface area contributed by atoms with E-state index >= 15 is 0 Å². The molecule has 0 aromatic carbocycles. The molecule has 1 aliphatic heterocycles. The molecule has 1 saturated heterocycles. The molecule has 6 nitrogen and oxygen atoms in total. The van der Waals surface area contributed by atoms with Gasteiger partial charge in [0.15, 0.2) is 5.96 Å². The van der Waals surface area contributed by atoms with Gasteiger partial charge < -0.3 is 20.9 Å². The van der Waals surface area contributed by atoms with Crippen molar-refractivity contribution in [1.82, 2.24) is 20.9 Å². The highest BCUT2D eigenvalue weighted by atomic mass is 16.2. The Morgan fingerprint density at radius 1 is 1.26 bits per heavy atom. The van der Waals surface area contributed by atoms with Gasteiger partial charge in [0.1, 0.15) is 0 Å². The first-order valence-corrected chi connectivity index (χ1v) is 8.81. The van der Waals surface area contributed by atoms with E-state index < -0.39 is 0 Å². The van der Waals surface area contributed by atoms with E-state index in [1.807, 2.05) is 20.8 Å². The average Bonchev–Trinajstić information content (AvgIpc) is 2.46. The predicted octanol–water partition coefficient (Wildman–Crippen LogP) is 1.33. The summed E-state index contributed by atoms with van der Waals surface area (Å²) in [6.45, 7) is 11.7. The largest absolute Gasteiger partial charge is 0.356 e. The van der Waals surface area contributed by atoms with Crippen LogP contribution in [-0.2, 0) is 4.79 Å². The summed E-state index contributed by atoms with van der Waals surface area (Å²) in [5, 5.41) is 9.25. The number of piperidine rings is 1. The van der Waals surface area contributed by atoms with Crippen LogP contribution >= 0.6 is 0 Å². The van der Waals surface area contributed by atoms with Crippen LogP contribution in [0, 0.1) is 0 Å². The van der Waals surface area contributed by atoms with Crippen molar-refractivity contribution in [3.05, 3.63) is 0 Å². The first-order valence-electron chi connectivity index (χ1n) is 8.81. The van der Waals surface area contributed by atoms with Crippen LogP contribution in [0.2, 0.25) is 0 Å². The van der Waals surface area contributed by atoms with Crippen molar-refractivity contribution >= 4 is 11.9 Å². The van der Waals surface area contributed by atoms with Crippen molar-refractivity contribution < 1.29 is 4.79 Å². The molecule has 6 heteroatoms. The second-order valence-electron chi connectivity index (χ2n) is 7.39. The minimum absolute atomic E-state index is 0.0254. The second-order valence-corrected chi connectivity index (χ2v) is 7.39. The lowest BCUT2D eigenvalue weighted by Gasteiger charge is -2.33. The van der Waals surface area contributed by atoms with Gasteiger partial charge in [-0.1, -0.05) is 6.42 Å². The third kappa shape index (κ3) is 8.79. The molecule has 1 aliphatic rings. The molecule has 1 unspecified atom stereocenters. The van der Waals surface area contributed by atoms with Crippen molar-refractivity contribution in [3.63, 3.8) is 0 Å². The third-order valence-electron chi connectivity index (χ3n) is 4.01. The van der Waals surface area contributed by atoms with Crippen LogP contribution in [0.3, 0.4) is 0 Å². The number of carbonyl (C=O) groups excluding carboxylic acids is 1. The van der Waals surface area contributed by atoms with E-state index in [0.717, 1.165) is 19.5 Å². The number of nitrogens with one attached hydrogen (secondary N) is 3. The van der Waals surface area contributed by atoms with Crippen molar-refractivity contribution in [1.29, 1.82) is 0 Å². The van der Waals surface area contributed by atoms with E-state index in [1.54, 1.807) is 7.05 Å². The minimum atomic E-state index is -0.207. The number of rotatable bonds is 6. The minimum Gasteiger partial charge on any atom is -0.356 e. The Bertz CT molecular complexity index is 389. The van der Waals surface area contributed by atoms with Crippen molar-refractivity contribution in [2.75, 3.05) is 33.2 Å². The number of hydrogen-bond acceptors (Lipinski definition) is 3. The summed E-state index contributed by atoms with van der Waals surface area (Å²) in [4.78, 5) is 18.5.